The molecule has 0 radical (unpaired) electrons. The second-order valence-electron chi connectivity index (χ2n) is 2.70. The van der Waals surface area contributed by atoms with E-state index >= 15 is 0 Å². The molecular formula is C8H9F5O. The van der Waals surface area contributed by atoms with Gasteiger partial charge in [-0.2, -0.15) is 22.0 Å². The molecule has 0 amide bonds. The zero-order chi connectivity index (χ0) is 11.6. The molecule has 0 N–H and O–H groups in total. The zero-order valence-corrected chi connectivity index (χ0v) is 7.42. The van der Waals surface area contributed by atoms with Crippen LogP contribution in [0, 0.1) is 0 Å². The molecule has 6 heteroatoms. The van der Waals surface area contributed by atoms with E-state index in [1.807, 2.05) is 0 Å². The van der Waals surface area contributed by atoms with Crippen LogP contribution in [0.4, 0.5) is 22.0 Å². The number of ether oxygens (including phenoxy) is 1. The van der Waals surface area contributed by atoms with E-state index in [1.54, 1.807) is 0 Å². The van der Waals surface area contributed by atoms with Crippen molar-refractivity contribution in [1.82, 2.24) is 0 Å². The Morgan fingerprint density at radius 3 is 1.86 bits per heavy atom. The number of alkyl halides is 5. The van der Waals surface area contributed by atoms with Gasteiger partial charge >= 0.3 is 12.1 Å². The van der Waals surface area contributed by atoms with Crippen LogP contribution in [0.2, 0.25) is 0 Å². The van der Waals surface area contributed by atoms with Crippen LogP contribution in [-0.4, -0.2) is 18.7 Å². The topological polar surface area (TPSA) is 9.23 Å². The van der Waals surface area contributed by atoms with Crippen molar-refractivity contribution in [2.75, 3.05) is 6.61 Å². The maximum atomic E-state index is 12.3. The SMILES string of the molecule is C=C(OCC(=C)C(F)(F)F)C(C)(F)F. The Kier molecular flexibility index (Phi) is 3.67. The van der Waals surface area contributed by atoms with Crippen molar-refractivity contribution in [1.29, 1.82) is 0 Å². The Morgan fingerprint density at radius 2 is 1.57 bits per heavy atom. The Hall–Kier alpha value is -1.07. The third kappa shape index (κ3) is 4.25. The summed E-state index contributed by atoms with van der Waals surface area (Å²) in [4.78, 5) is 0. The summed E-state index contributed by atoms with van der Waals surface area (Å²) in [5.41, 5.74) is -1.23. The van der Waals surface area contributed by atoms with Crippen LogP contribution < -0.4 is 0 Å². The normalized spacial score (nSPS) is 12.4. The Bertz CT molecular complexity index is 209. The highest BCUT2D eigenvalue weighted by Crippen LogP contribution is 2.27. The number of hydrogen-bond acceptors (Lipinski definition) is 1. The summed E-state index contributed by atoms with van der Waals surface area (Å²) in [7, 11) is 0. The molecule has 1 nitrogen and oxygen atoms in total. The summed E-state index contributed by atoms with van der Waals surface area (Å²) < 4.78 is 64.2. The van der Waals surface area contributed by atoms with Crippen molar-refractivity contribution in [3.05, 3.63) is 24.5 Å². The van der Waals surface area contributed by atoms with Gasteiger partial charge in [-0.25, -0.2) is 0 Å². The van der Waals surface area contributed by atoms with Gasteiger partial charge < -0.3 is 4.74 Å². The van der Waals surface area contributed by atoms with Crippen LogP contribution in [0.5, 0.6) is 0 Å². The molecule has 0 spiro atoms. The van der Waals surface area contributed by atoms with Crippen LogP contribution in [0.1, 0.15) is 6.92 Å². The molecule has 0 bridgehead atoms. The maximum absolute atomic E-state index is 12.3. The predicted octanol–water partition coefficient (Wildman–Crippen LogP) is 3.29. The molecule has 0 aliphatic carbocycles. The Balaban J connectivity index is 4.10. The number of rotatable bonds is 4. The van der Waals surface area contributed by atoms with Gasteiger partial charge in [0.25, 0.3) is 0 Å². The fraction of sp³-hybridized carbons (Fsp3) is 0.500. The molecular weight excluding hydrogens is 207 g/mol. The van der Waals surface area contributed by atoms with Crippen molar-refractivity contribution >= 4 is 0 Å². The molecule has 14 heavy (non-hydrogen) atoms. The van der Waals surface area contributed by atoms with E-state index < -0.39 is 30.0 Å². The van der Waals surface area contributed by atoms with Gasteiger partial charge in [0.15, 0.2) is 5.76 Å². The second-order valence-corrected chi connectivity index (χ2v) is 2.70. The predicted molar refractivity (Wildman–Crippen MR) is 40.9 cm³/mol. The zero-order valence-electron chi connectivity index (χ0n) is 7.42. The van der Waals surface area contributed by atoms with E-state index in [1.165, 1.54) is 0 Å². The molecule has 0 aliphatic rings. The van der Waals surface area contributed by atoms with Gasteiger partial charge in [-0.05, 0) is 0 Å². The molecule has 0 aliphatic heterocycles. The average molecular weight is 216 g/mol. The van der Waals surface area contributed by atoms with Gasteiger partial charge in [0.1, 0.15) is 6.61 Å². The van der Waals surface area contributed by atoms with Gasteiger partial charge in [-0.3, -0.25) is 0 Å². The maximum Gasteiger partial charge on any atom is 0.415 e. The fourth-order valence-corrected chi connectivity index (χ4v) is 0.383. The number of halogens is 5. The molecule has 0 fully saturated rings. The lowest BCUT2D eigenvalue weighted by Gasteiger charge is -2.16. The van der Waals surface area contributed by atoms with Crippen molar-refractivity contribution in [2.45, 2.75) is 19.0 Å². The third-order valence-electron chi connectivity index (χ3n) is 1.31. The van der Waals surface area contributed by atoms with E-state index in [2.05, 4.69) is 17.9 Å². The lowest BCUT2D eigenvalue weighted by molar-refractivity contribution is -0.101. The minimum atomic E-state index is -4.64. The smallest absolute Gasteiger partial charge is 0.415 e. The molecule has 0 aromatic carbocycles. The van der Waals surface area contributed by atoms with Gasteiger partial charge in [0.05, 0.1) is 5.57 Å². The fourth-order valence-electron chi connectivity index (χ4n) is 0.383. The molecule has 0 heterocycles. The first-order chi connectivity index (χ1) is 6.05. The lowest BCUT2D eigenvalue weighted by atomic mass is 10.3. The van der Waals surface area contributed by atoms with Crippen molar-refractivity contribution in [2.24, 2.45) is 0 Å². The quantitative estimate of drug-likeness (QED) is 0.398. The highest BCUT2D eigenvalue weighted by molar-refractivity contribution is 5.05. The first-order valence-corrected chi connectivity index (χ1v) is 3.50. The monoisotopic (exact) mass is 216 g/mol. The van der Waals surface area contributed by atoms with E-state index in [0.29, 0.717) is 6.92 Å². The average Bonchev–Trinajstić information content (AvgIpc) is 1.95. The molecule has 0 aromatic heterocycles. The Morgan fingerprint density at radius 1 is 1.14 bits per heavy atom. The minimum absolute atomic E-state index is 0.478. The van der Waals surface area contributed by atoms with Crippen LogP contribution in [0.15, 0.2) is 24.5 Å². The van der Waals surface area contributed by atoms with Crippen molar-refractivity contribution < 1.29 is 26.7 Å². The minimum Gasteiger partial charge on any atom is -0.488 e. The molecule has 82 valence electrons. The molecule has 0 unspecified atom stereocenters. The number of hydrogen-bond donors (Lipinski definition) is 0. The van der Waals surface area contributed by atoms with Crippen LogP contribution in [-0.2, 0) is 4.74 Å². The highest BCUT2D eigenvalue weighted by Gasteiger charge is 2.34. The van der Waals surface area contributed by atoms with Gasteiger partial charge in [-0.15, -0.1) is 0 Å². The van der Waals surface area contributed by atoms with E-state index in [0.717, 1.165) is 0 Å². The summed E-state index contributed by atoms with van der Waals surface area (Å²) in [6.45, 7) is 4.89. The van der Waals surface area contributed by atoms with E-state index in [-0.39, 0.29) is 0 Å². The molecule has 0 saturated heterocycles. The Labute approximate surface area is 77.9 Å². The standard InChI is InChI=1S/C8H9F5O/c1-5(8(11,12)13)4-14-6(2)7(3,9)10/h1-2,4H2,3H3. The van der Waals surface area contributed by atoms with Gasteiger partial charge in [-0.1, -0.05) is 13.2 Å². The summed E-state index contributed by atoms with van der Waals surface area (Å²) in [5.74, 6) is -4.37. The molecule has 0 aromatic rings. The third-order valence-corrected chi connectivity index (χ3v) is 1.31. The van der Waals surface area contributed by atoms with Gasteiger partial charge in [0.2, 0.25) is 0 Å². The highest BCUT2D eigenvalue weighted by atomic mass is 19.4. The van der Waals surface area contributed by atoms with E-state index in [4.69, 9.17) is 0 Å². The summed E-state index contributed by atoms with van der Waals surface area (Å²) in [6.07, 6.45) is -4.64. The summed E-state index contributed by atoms with van der Waals surface area (Å²) >= 11 is 0. The van der Waals surface area contributed by atoms with Crippen LogP contribution >= 0.6 is 0 Å². The molecule has 0 saturated carbocycles. The second kappa shape index (κ2) is 3.98. The largest absolute Gasteiger partial charge is 0.488 e. The van der Waals surface area contributed by atoms with Crippen LogP contribution in [0.3, 0.4) is 0 Å². The summed E-state index contributed by atoms with van der Waals surface area (Å²) in [5, 5.41) is 0. The molecule has 0 rings (SSSR count). The first-order valence-electron chi connectivity index (χ1n) is 3.50. The van der Waals surface area contributed by atoms with Crippen molar-refractivity contribution in [3.63, 3.8) is 0 Å². The molecule has 0 atom stereocenters. The number of allylic oxidation sites excluding steroid dienone is 1. The summed E-state index contributed by atoms with van der Waals surface area (Å²) in [6, 6.07) is 0. The first kappa shape index (κ1) is 12.9. The van der Waals surface area contributed by atoms with Gasteiger partial charge in [0, 0.05) is 6.92 Å². The van der Waals surface area contributed by atoms with Crippen molar-refractivity contribution in [3.8, 4) is 0 Å². The lowest BCUT2D eigenvalue weighted by Crippen LogP contribution is -2.20. The van der Waals surface area contributed by atoms with Crippen LogP contribution in [0.25, 0.3) is 0 Å². The van der Waals surface area contributed by atoms with E-state index in [9.17, 15) is 22.0 Å².